The van der Waals surface area contributed by atoms with E-state index in [9.17, 15) is 0 Å². The molecule has 3 aromatic heterocycles. The molecule has 3 heterocycles. The van der Waals surface area contributed by atoms with Crippen molar-refractivity contribution in [3.8, 4) is 22.4 Å². The number of anilines is 1. The molecule has 4 aromatic rings. The number of hydrogen-bond acceptors (Lipinski definition) is 3. The molecule has 0 bridgehead atoms. The highest BCUT2D eigenvalue weighted by molar-refractivity contribution is 6.29. The molecule has 0 spiro atoms. The molecule has 0 unspecified atom stereocenters. The second-order valence-electron chi connectivity index (χ2n) is 8.63. The second-order valence-corrected chi connectivity index (χ2v) is 9.02. The third-order valence-electron chi connectivity index (χ3n) is 6.40. The predicted molar refractivity (Wildman–Crippen MR) is 129 cm³/mol. The number of nitrogens with zero attached hydrogens (tertiary/aromatic N) is 3. The molecule has 1 aliphatic carbocycles. The molecule has 0 amide bonds. The maximum absolute atomic E-state index is 6.54. The predicted octanol–water partition coefficient (Wildman–Crippen LogP) is 7.00. The minimum absolute atomic E-state index is 0.511. The summed E-state index contributed by atoms with van der Waals surface area (Å²) in [5.41, 5.74) is 8.70. The van der Waals surface area contributed by atoms with Gasteiger partial charge in [0.1, 0.15) is 16.7 Å². The van der Waals surface area contributed by atoms with Gasteiger partial charge in [0.2, 0.25) is 0 Å². The molecule has 158 valence electrons. The zero-order valence-electron chi connectivity index (χ0n) is 18.2. The van der Waals surface area contributed by atoms with Crippen LogP contribution in [0, 0.1) is 20.8 Å². The van der Waals surface area contributed by atoms with Gasteiger partial charge >= 0.3 is 0 Å². The average molecular weight is 431 g/mol. The van der Waals surface area contributed by atoms with E-state index in [0.717, 1.165) is 39.4 Å². The Labute approximate surface area is 188 Å². The highest BCUT2D eigenvalue weighted by atomic mass is 35.5. The van der Waals surface area contributed by atoms with Crippen LogP contribution < -0.4 is 5.32 Å². The summed E-state index contributed by atoms with van der Waals surface area (Å²) < 4.78 is 1.84. The summed E-state index contributed by atoms with van der Waals surface area (Å²) in [7, 11) is 0. The maximum atomic E-state index is 6.54. The quantitative estimate of drug-likeness (QED) is 0.354. The number of nitrogens with one attached hydrogen (secondary N) is 1. The van der Waals surface area contributed by atoms with Gasteiger partial charge in [0.25, 0.3) is 0 Å². The van der Waals surface area contributed by atoms with Gasteiger partial charge < -0.3 is 5.32 Å². The molecule has 1 N–H and O–H groups in total. The molecular weight excluding hydrogens is 404 g/mol. The zero-order chi connectivity index (χ0) is 21.5. The molecular formula is C26H27ClN4. The molecule has 4 nitrogen and oxygen atoms in total. The van der Waals surface area contributed by atoms with Crippen molar-refractivity contribution in [3.05, 3.63) is 70.5 Å². The van der Waals surface area contributed by atoms with E-state index in [1.807, 2.05) is 16.6 Å². The molecule has 1 aromatic carbocycles. The molecule has 1 saturated carbocycles. The first kappa shape index (κ1) is 20.1. The standard InChI is InChI=1S/C26H27ClN4/c1-16-8-6-9-19(14-16)26-25(22-12-7-13-23(27)31(22)30-26)21-15-24(28-18(3)17(21)2)29-20-10-4-5-11-20/h6-9,12-15,20H,4-5,10-11H2,1-3H3,(H,28,29). The molecule has 31 heavy (non-hydrogen) atoms. The Hall–Kier alpha value is -2.85. The summed E-state index contributed by atoms with van der Waals surface area (Å²) in [5.74, 6) is 0.946. The highest BCUT2D eigenvalue weighted by Crippen LogP contribution is 2.39. The largest absolute Gasteiger partial charge is 0.367 e. The second kappa shape index (κ2) is 8.01. The third-order valence-corrected chi connectivity index (χ3v) is 6.68. The molecule has 0 saturated heterocycles. The van der Waals surface area contributed by atoms with Crippen LogP contribution in [0.1, 0.15) is 42.5 Å². The van der Waals surface area contributed by atoms with Crippen molar-refractivity contribution in [1.82, 2.24) is 14.6 Å². The number of halogens is 1. The maximum Gasteiger partial charge on any atom is 0.131 e. The molecule has 5 heteroatoms. The van der Waals surface area contributed by atoms with Crippen LogP contribution in [0.3, 0.4) is 0 Å². The Bertz CT molecular complexity index is 1270. The van der Waals surface area contributed by atoms with E-state index in [0.29, 0.717) is 11.2 Å². The van der Waals surface area contributed by atoms with E-state index < -0.39 is 0 Å². The zero-order valence-corrected chi connectivity index (χ0v) is 19.0. The Morgan fingerprint density at radius 1 is 1.00 bits per heavy atom. The van der Waals surface area contributed by atoms with Crippen LogP contribution in [0.4, 0.5) is 5.82 Å². The lowest BCUT2D eigenvalue weighted by Crippen LogP contribution is -2.16. The van der Waals surface area contributed by atoms with Crippen LogP contribution >= 0.6 is 11.6 Å². The first-order chi connectivity index (χ1) is 15.0. The molecule has 0 aliphatic heterocycles. The van der Waals surface area contributed by atoms with Gasteiger partial charge in [-0.2, -0.15) is 5.10 Å². The fourth-order valence-corrected chi connectivity index (χ4v) is 4.85. The number of aromatic nitrogens is 3. The van der Waals surface area contributed by atoms with E-state index in [-0.39, 0.29) is 0 Å². The number of rotatable bonds is 4. The van der Waals surface area contributed by atoms with E-state index in [4.69, 9.17) is 21.7 Å². The van der Waals surface area contributed by atoms with Crippen molar-refractivity contribution < 1.29 is 0 Å². The third kappa shape index (κ3) is 3.70. The first-order valence-electron chi connectivity index (χ1n) is 11.0. The first-order valence-corrected chi connectivity index (χ1v) is 11.4. The van der Waals surface area contributed by atoms with Gasteiger partial charge in [-0.15, -0.1) is 0 Å². The van der Waals surface area contributed by atoms with E-state index >= 15 is 0 Å². The average Bonchev–Trinajstić information content (AvgIpc) is 3.39. The Morgan fingerprint density at radius 3 is 2.55 bits per heavy atom. The fraction of sp³-hybridized carbons (Fsp3) is 0.308. The lowest BCUT2D eigenvalue weighted by molar-refractivity contribution is 0.749. The normalized spacial score (nSPS) is 14.5. The molecule has 1 aliphatic rings. The van der Waals surface area contributed by atoms with Crippen molar-refractivity contribution in [3.63, 3.8) is 0 Å². The SMILES string of the molecule is Cc1cccc(-c2nn3c(Cl)cccc3c2-c2cc(NC3CCCC3)nc(C)c2C)c1. The van der Waals surface area contributed by atoms with Crippen molar-refractivity contribution in [2.45, 2.75) is 52.5 Å². The molecule has 0 atom stereocenters. The topological polar surface area (TPSA) is 42.2 Å². The van der Waals surface area contributed by atoms with Crippen LogP contribution in [0.15, 0.2) is 48.5 Å². The van der Waals surface area contributed by atoms with Gasteiger partial charge in [0.05, 0.1) is 5.52 Å². The van der Waals surface area contributed by atoms with Crippen LogP contribution in [-0.4, -0.2) is 20.6 Å². The van der Waals surface area contributed by atoms with E-state index in [2.05, 4.69) is 62.5 Å². The Morgan fingerprint density at radius 2 is 1.77 bits per heavy atom. The van der Waals surface area contributed by atoms with Crippen LogP contribution in [0.2, 0.25) is 5.15 Å². The van der Waals surface area contributed by atoms with Crippen molar-refractivity contribution in [2.75, 3.05) is 5.32 Å². The summed E-state index contributed by atoms with van der Waals surface area (Å²) in [6, 6.07) is 17.2. The Kier molecular flexibility index (Phi) is 5.19. The number of fused-ring (bicyclic) bond motifs is 1. The van der Waals surface area contributed by atoms with Gasteiger partial charge in [-0.1, -0.05) is 54.3 Å². The number of benzene rings is 1. The Balaban J connectivity index is 1.75. The van der Waals surface area contributed by atoms with Gasteiger partial charge in [0.15, 0.2) is 0 Å². The lowest BCUT2D eigenvalue weighted by Gasteiger charge is -2.17. The monoisotopic (exact) mass is 430 g/mol. The van der Waals surface area contributed by atoms with Gasteiger partial charge in [0, 0.05) is 22.9 Å². The molecule has 1 fully saturated rings. The van der Waals surface area contributed by atoms with Gasteiger partial charge in [-0.25, -0.2) is 9.50 Å². The van der Waals surface area contributed by atoms with Gasteiger partial charge in [-0.05, 0) is 69.0 Å². The number of pyridine rings is 2. The van der Waals surface area contributed by atoms with Crippen molar-refractivity contribution in [1.29, 1.82) is 0 Å². The van der Waals surface area contributed by atoms with E-state index in [1.165, 1.54) is 36.8 Å². The van der Waals surface area contributed by atoms with Crippen LogP contribution in [-0.2, 0) is 0 Å². The summed E-state index contributed by atoms with van der Waals surface area (Å²) >= 11 is 6.54. The lowest BCUT2D eigenvalue weighted by atomic mass is 9.95. The summed E-state index contributed by atoms with van der Waals surface area (Å²) in [6.07, 6.45) is 5.01. The van der Waals surface area contributed by atoms with Crippen molar-refractivity contribution in [2.24, 2.45) is 0 Å². The molecule has 0 radical (unpaired) electrons. The van der Waals surface area contributed by atoms with E-state index in [1.54, 1.807) is 0 Å². The number of aryl methyl sites for hydroxylation is 2. The van der Waals surface area contributed by atoms with Crippen LogP contribution in [0.25, 0.3) is 27.9 Å². The molecule has 5 rings (SSSR count). The van der Waals surface area contributed by atoms with Gasteiger partial charge in [-0.3, -0.25) is 0 Å². The smallest absolute Gasteiger partial charge is 0.131 e. The fourth-order valence-electron chi connectivity index (χ4n) is 4.65. The summed E-state index contributed by atoms with van der Waals surface area (Å²) in [5, 5.41) is 9.22. The minimum Gasteiger partial charge on any atom is -0.367 e. The van der Waals surface area contributed by atoms with Crippen molar-refractivity contribution >= 4 is 22.9 Å². The number of hydrogen-bond donors (Lipinski definition) is 1. The highest BCUT2D eigenvalue weighted by Gasteiger charge is 2.22. The summed E-state index contributed by atoms with van der Waals surface area (Å²) in [6.45, 7) is 6.34. The minimum atomic E-state index is 0.511. The van der Waals surface area contributed by atoms with Crippen LogP contribution in [0.5, 0.6) is 0 Å². The summed E-state index contributed by atoms with van der Waals surface area (Å²) in [4.78, 5) is 4.86.